The lowest BCUT2D eigenvalue weighted by molar-refractivity contribution is 0.460. The lowest BCUT2D eigenvalue weighted by atomic mass is 9.97. The van der Waals surface area contributed by atoms with Crippen molar-refractivity contribution in [3.05, 3.63) is 70.3 Å². The van der Waals surface area contributed by atoms with E-state index in [2.05, 4.69) is 29.6 Å². The van der Waals surface area contributed by atoms with Gasteiger partial charge in [-0.2, -0.15) is 0 Å². The lowest BCUT2D eigenvalue weighted by Gasteiger charge is -2.18. The number of nitrogens with one attached hydrogen (secondary N) is 1. The van der Waals surface area contributed by atoms with Crippen LogP contribution in [0, 0.1) is 25.5 Å². The van der Waals surface area contributed by atoms with Gasteiger partial charge in [-0.15, -0.1) is 0 Å². The molecule has 0 bridgehead atoms. The first-order valence-electron chi connectivity index (χ1n) is 7.20. The highest BCUT2D eigenvalue weighted by molar-refractivity contribution is 5.28. The highest BCUT2D eigenvalue weighted by Gasteiger charge is 2.18. The maximum absolute atomic E-state index is 14.1. The third-order valence-electron chi connectivity index (χ3n) is 3.87. The minimum atomic E-state index is -0.747. The summed E-state index contributed by atoms with van der Waals surface area (Å²) in [6.07, 6.45) is 1.54. The molecular formula is C18H21F2N. The van der Waals surface area contributed by atoms with Gasteiger partial charge in [0, 0.05) is 11.6 Å². The van der Waals surface area contributed by atoms with Crippen LogP contribution in [0.4, 0.5) is 8.78 Å². The number of rotatable bonds is 5. The van der Waals surface area contributed by atoms with E-state index in [4.69, 9.17) is 0 Å². The molecule has 0 amide bonds. The first-order valence-corrected chi connectivity index (χ1v) is 7.20. The monoisotopic (exact) mass is 289 g/mol. The molecule has 1 N–H and O–H groups in total. The van der Waals surface area contributed by atoms with Crippen LogP contribution >= 0.6 is 0 Å². The van der Waals surface area contributed by atoms with Crippen molar-refractivity contribution in [2.75, 3.05) is 7.05 Å². The second-order valence-corrected chi connectivity index (χ2v) is 5.47. The quantitative estimate of drug-likeness (QED) is 0.856. The van der Waals surface area contributed by atoms with Crippen molar-refractivity contribution in [2.45, 2.75) is 32.7 Å². The van der Waals surface area contributed by atoms with Gasteiger partial charge >= 0.3 is 0 Å². The van der Waals surface area contributed by atoms with E-state index in [-0.39, 0.29) is 6.04 Å². The summed E-state index contributed by atoms with van der Waals surface area (Å²) in [6.45, 7) is 3.62. The van der Waals surface area contributed by atoms with E-state index in [1.807, 2.05) is 6.92 Å². The Morgan fingerprint density at radius 1 is 0.952 bits per heavy atom. The first kappa shape index (κ1) is 15.6. The van der Waals surface area contributed by atoms with E-state index in [9.17, 15) is 8.78 Å². The molecule has 0 heterocycles. The third-order valence-corrected chi connectivity index (χ3v) is 3.87. The molecule has 1 atom stereocenters. The van der Waals surface area contributed by atoms with Gasteiger partial charge in [0.15, 0.2) is 11.6 Å². The molecule has 0 saturated heterocycles. The Morgan fingerprint density at radius 2 is 1.62 bits per heavy atom. The SMILES string of the molecule is CNC(CCc1ccc(C)cc1)c1ccc(C)c(F)c1F. The topological polar surface area (TPSA) is 12.0 Å². The summed E-state index contributed by atoms with van der Waals surface area (Å²) in [7, 11) is 1.77. The lowest BCUT2D eigenvalue weighted by Crippen LogP contribution is -2.19. The van der Waals surface area contributed by atoms with Crippen LogP contribution in [0.3, 0.4) is 0 Å². The van der Waals surface area contributed by atoms with Gasteiger partial charge in [0.2, 0.25) is 0 Å². The van der Waals surface area contributed by atoms with Gasteiger partial charge in [-0.3, -0.25) is 0 Å². The Morgan fingerprint density at radius 3 is 2.24 bits per heavy atom. The summed E-state index contributed by atoms with van der Waals surface area (Å²) in [5.74, 6) is -1.48. The van der Waals surface area contributed by atoms with Gasteiger partial charge in [0.25, 0.3) is 0 Å². The van der Waals surface area contributed by atoms with Crippen LogP contribution in [0.2, 0.25) is 0 Å². The molecule has 0 aliphatic rings. The number of benzene rings is 2. The van der Waals surface area contributed by atoms with Crippen molar-refractivity contribution in [1.82, 2.24) is 5.32 Å². The Hall–Kier alpha value is -1.74. The fourth-order valence-electron chi connectivity index (χ4n) is 2.45. The average molecular weight is 289 g/mol. The van der Waals surface area contributed by atoms with Gasteiger partial charge in [0.1, 0.15) is 0 Å². The molecule has 0 fully saturated rings. The molecule has 2 aromatic rings. The number of hydrogen-bond donors (Lipinski definition) is 1. The van der Waals surface area contributed by atoms with Crippen molar-refractivity contribution >= 4 is 0 Å². The molecule has 0 aliphatic heterocycles. The van der Waals surface area contributed by atoms with E-state index in [1.165, 1.54) is 11.1 Å². The Balaban J connectivity index is 2.13. The van der Waals surface area contributed by atoms with E-state index >= 15 is 0 Å². The van der Waals surface area contributed by atoms with Gasteiger partial charge in [-0.05, 0) is 44.9 Å². The number of aryl methyl sites for hydroxylation is 3. The molecule has 1 unspecified atom stereocenters. The summed E-state index contributed by atoms with van der Waals surface area (Å²) in [5.41, 5.74) is 3.15. The van der Waals surface area contributed by atoms with Crippen molar-refractivity contribution in [2.24, 2.45) is 0 Å². The van der Waals surface area contributed by atoms with Crippen LogP contribution in [0.15, 0.2) is 36.4 Å². The molecule has 0 aliphatic carbocycles. The molecule has 21 heavy (non-hydrogen) atoms. The molecule has 0 aromatic heterocycles. The molecule has 0 radical (unpaired) electrons. The summed E-state index contributed by atoms with van der Waals surface area (Å²) in [4.78, 5) is 0. The van der Waals surface area contributed by atoms with E-state index in [0.717, 1.165) is 12.8 Å². The molecule has 0 saturated carbocycles. The number of hydrogen-bond acceptors (Lipinski definition) is 1. The third kappa shape index (κ3) is 3.67. The predicted molar refractivity (Wildman–Crippen MR) is 82.4 cm³/mol. The molecule has 3 heteroatoms. The summed E-state index contributed by atoms with van der Waals surface area (Å²) >= 11 is 0. The molecule has 2 aromatic carbocycles. The largest absolute Gasteiger partial charge is 0.313 e. The number of halogens is 2. The molecule has 0 spiro atoms. The van der Waals surface area contributed by atoms with Crippen molar-refractivity contribution in [3.8, 4) is 0 Å². The normalized spacial score (nSPS) is 12.4. The van der Waals surface area contributed by atoms with Crippen molar-refractivity contribution < 1.29 is 8.78 Å². The Kier molecular flexibility index (Phi) is 5.07. The Bertz CT molecular complexity index is 605. The maximum Gasteiger partial charge on any atom is 0.163 e. The first-order chi connectivity index (χ1) is 10.0. The zero-order valence-electron chi connectivity index (χ0n) is 12.7. The van der Waals surface area contributed by atoms with Crippen LogP contribution in [0.1, 0.15) is 34.7 Å². The van der Waals surface area contributed by atoms with Crippen LogP contribution in [0.5, 0.6) is 0 Å². The second kappa shape index (κ2) is 6.81. The zero-order chi connectivity index (χ0) is 15.4. The zero-order valence-corrected chi connectivity index (χ0v) is 12.7. The minimum Gasteiger partial charge on any atom is -0.313 e. The minimum absolute atomic E-state index is 0.193. The van der Waals surface area contributed by atoms with Crippen LogP contribution in [-0.4, -0.2) is 7.05 Å². The summed E-state index contributed by atoms with van der Waals surface area (Å²) < 4.78 is 27.8. The maximum atomic E-state index is 14.1. The highest BCUT2D eigenvalue weighted by Crippen LogP contribution is 2.25. The van der Waals surface area contributed by atoms with Crippen LogP contribution in [0.25, 0.3) is 0 Å². The Labute approximate surface area is 125 Å². The summed E-state index contributed by atoms with van der Waals surface area (Å²) in [5, 5.41) is 3.08. The van der Waals surface area contributed by atoms with Crippen LogP contribution in [-0.2, 0) is 6.42 Å². The standard InChI is InChI=1S/C18H21F2N/c1-12-4-7-14(8-5-12)9-11-16(21-3)15-10-6-13(2)17(19)18(15)20/h4-8,10,16,21H,9,11H2,1-3H3. The summed E-state index contributed by atoms with van der Waals surface area (Å²) in [6, 6.07) is 11.4. The van der Waals surface area contributed by atoms with E-state index in [1.54, 1.807) is 26.1 Å². The van der Waals surface area contributed by atoms with Gasteiger partial charge in [-0.1, -0.05) is 42.0 Å². The van der Waals surface area contributed by atoms with Gasteiger partial charge < -0.3 is 5.32 Å². The van der Waals surface area contributed by atoms with Gasteiger partial charge in [0.05, 0.1) is 0 Å². The average Bonchev–Trinajstić information content (AvgIpc) is 2.49. The molecule has 1 nitrogen and oxygen atoms in total. The smallest absolute Gasteiger partial charge is 0.163 e. The van der Waals surface area contributed by atoms with Gasteiger partial charge in [-0.25, -0.2) is 8.78 Å². The fourth-order valence-corrected chi connectivity index (χ4v) is 2.45. The van der Waals surface area contributed by atoms with E-state index < -0.39 is 11.6 Å². The molecular weight excluding hydrogens is 268 g/mol. The predicted octanol–water partition coefficient (Wildman–Crippen LogP) is 4.47. The second-order valence-electron chi connectivity index (χ2n) is 5.47. The fraction of sp³-hybridized carbons (Fsp3) is 0.333. The molecule has 2 rings (SSSR count). The van der Waals surface area contributed by atoms with Crippen LogP contribution < -0.4 is 5.32 Å². The van der Waals surface area contributed by atoms with Crippen molar-refractivity contribution in [3.63, 3.8) is 0 Å². The molecule has 112 valence electrons. The van der Waals surface area contributed by atoms with Crippen molar-refractivity contribution in [1.29, 1.82) is 0 Å². The van der Waals surface area contributed by atoms with E-state index in [0.29, 0.717) is 11.1 Å². The highest BCUT2D eigenvalue weighted by atomic mass is 19.2.